The number of carbonyl (C=O) groups excluding carboxylic acids is 1. The van der Waals surface area contributed by atoms with E-state index in [9.17, 15) is 9.59 Å². The summed E-state index contributed by atoms with van der Waals surface area (Å²) in [5.41, 5.74) is 1.96. The number of rotatable bonds is 9. The Morgan fingerprint density at radius 1 is 1.20 bits per heavy atom. The highest BCUT2D eigenvalue weighted by Gasteiger charge is 2.16. The van der Waals surface area contributed by atoms with E-state index in [0.717, 1.165) is 11.3 Å². The average molecular weight is 343 g/mol. The minimum absolute atomic E-state index is 0.0117. The van der Waals surface area contributed by atoms with Gasteiger partial charge in [-0.05, 0) is 30.0 Å². The van der Waals surface area contributed by atoms with E-state index < -0.39 is 5.97 Å². The summed E-state index contributed by atoms with van der Waals surface area (Å²) in [6.45, 7) is 4.88. The standard InChI is InChI=1S/C19H25N3O3/c1-15(2)13-21(11-10-19(24)25)18(23)9-8-16-12-20-22(14-16)17-6-4-3-5-7-17/h3-7,12,14-15H,8-11,13H2,1-2H3,(H,24,25). The fraction of sp³-hybridized carbons (Fsp3) is 0.421. The molecule has 1 N–H and O–H groups in total. The van der Waals surface area contributed by atoms with Crippen LogP contribution in [-0.2, 0) is 16.0 Å². The average Bonchev–Trinajstić information content (AvgIpc) is 3.06. The van der Waals surface area contributed by atoms with E-state index in [4.69, 9.17) is 5.11 Å². The second kappa shape index (κ2) is 9.01. The highest BCUT2D eigenvalue weighted by molar-refractivity contribution is 5.77. The van der Waals surface area contributed by atoms with Crippen LogP contribution in [0.3, 0.4) is 0 Å². The zero-order valence-corrected chi connectivity index (χ0v) is 14.8. The number of aromatic nitrogens is 2. The summed E-state index contributed by atoms with van der Waals surface area (Å²) in [5, 5.41) is 13.2. The number of nitrogens with zero attached hydrogens (tertiary/aromatic N) is 3. The van der Waals surface area contributed by atoms with Crippen molar-refractivity contribution in [2.75, 3.05) is 13.1 Å². The summed E-state index contributed by atoms with van der Waals surface area (Å²) in [4.78, 5) is 24.9. The summed E-state index contributed by atoms with van der Waals surface area (Å²) in [6, 6.07) is 9.79. The van der Waals surface area contributed by atoms with Gasteiger partial charge in [-0.1, -0.05) is 32.0 Å². The third kappa shape index (κ3) is 6.06. The molecular weight excluding hydrogens is 318 g/mol. The molecule has 0 radical (unpaired) electrons. The lowest BCUT2D eigenvalue weighted by atomic mass is 10.1. The zero-order chi connectivity index (χ0) is 18.2. The fourth-order valence-electron chi connectivity index (χ4n) is 2.61. The van der Waals surface area contributed by atoms with Crippen LogP contribution in [0.2, 0.25) is 0 Å². The SMILES string of the molecule is CC(C)CN(CCC(=O)O)C(=O)CCc1cnn(-c2ccccc2)c1. The maximum Gasteiger partial charge on any atom is 0.305 e. The molecule has 0 saturated carbocycles. The molecule has 2 rings (SSSR count). The maximum atomic E-state index is 12.4. The summed E-state index contributed by atoms with van der Waals surface area (Å²) < 4.78 is 1.79. The molecule has 1 amide bonds. The Morgan fingerprint density at radius 2 is 1.92 bits per heavy atom. The van der Waals surface area contributed by atoms with Crippen LogP contribution >= 0.6 is 0 Å². The van der Waals surface area contributed by atoms with E-state index in [-0.39, 0.29) is 18.9 Å². The van der Waals surface area contributed by atoms with Crippen LogP contribution in [0.5, 0.6) is 0 Å². The first-order chi connectivity index (χ1) is 12.0. The van der Waals surface area contributed by atoms with Crippen molar-refractivity contribution in [1.82, 2.24) is 14.7 Å². The van der Waals surface area contributed by atoms with Gasteiger partial charge in [0.25, 0.3) is 0 Å². The van der Waals surface area contributed by atoms with Crippen LogP contribution in [0.15, 0.2) is 42.7 Å². The molecule has 6 nitrogen and oxygen atoms in total. The predicted octanol–water partition coefficient (Wildman–Crippen LogP) is 2.76. The molecule has 0 aliphatic heterocycles. The van der Waals surface area contributed by atoms with Crippen LogP contribution in [0.25, 0.3) is 5.69 Å². The van der Waals surface area contributed by atoms with Crippen molar-refractivity contribution < 1.29 is 14.7 Å². The van der Waals surface area contributed by atoms with E-state index in [0.29, 0.717) is 25.3 Å². The highest BCUT2D eigenvalue weighted by atomic mass is 16.4. The number of benzene rings is 1. The zero-order valence-electron chi connectivity index (χ0n) is 14.8. The molecule has 1 aromatic carbocycles. The van der Waals surface area contributed by atoms with Crippen LogP contribution in [0.4, 0.5) is 0 Å². The summed E-state index contributed by atoms with van der Waals surface area (Å²) in [5.74, 6) is -0.591. The Hall–Kier alpha value is -2.63. The van der Waals surface area contributed by atoms with Crippen LogP contribution in [0.1, 0.15) is 32.3 Å². The minimum Gasteiger partial charge on any atom is -0.481 e. The number of amides is 1. The number of aryl methyl sites for hydroxylation is 1. The molecule has 0 fully saturated rings. The number of carbonyl (C=O) groups is 2. The molecule has 6 heteroatoms. The van der Waals surface area contributed by atoms with Gasteiger partial charge in [0.1, 0.15) is 0 Å². The smallest absolute Gasteiger partial charge is 0.305 e. The van der Waals surface area contributed by atoms with Gasteiger partial charge in [0.05, 0.1) is 18.3 Å². The van der Waals surface area contributed by atoms with Gasteiger partial charge >= 0.3 is 5.97 Å². The third-order valence-corrected chi connectivity index (χ3v) is 3.82. The number of carboxylic acids is 1. The van der Waals surface area contributed by atoms with Gasteiger partial charge in [0.2, 0.25) is 5.91 Å². The Bertz CT molecular complexity index is 695. The van der Waals surface area contributed by atoms with Crippen molar-refractivity contribution in [3.8, 4) is 5.69 Å². The van der Waals surface area contributed by atoms with E-state index in [1.807, 2.05) is 50.4 Å². The molecule has 0 unspecified atom stereocenters. The number of hydrogen-bond donors (Lipinski definition) is 1. The fourth-order valence-corrected chi connectivity index (χ4v) is 2.61. The highest BCUT2D eigenvalue weighted by Crippen LogP contribution is 2.11. The van der Waals surface area contributed by atoms with Gasteiger partial charge in [0, 0.05) is 25.7 Å². The Kier molecular flexibility index (Phi) is 6.74. The molecular formula is C19H25N3O3. The predicted molar refractivity (Wildman–Crippen MR) is 95.6 cm³/mol. The molecule has 25 heavy (non-hydrogen) atoms. The molecule has 1 heterocycles. The van der Waals surface area contributed by atoms with Gasteiger partial charge in [-0.3, -0.25) is 9.59 Å². The van der Waals surface area contributed by atoms with Gasteiger partial charge in [0.15, 0.2) is 0 Å². The summed E-state index contributed by atoms with van der Waals surface area (Å²) in [6.07, 6.45) is 4.61. The molecule has 0 atom stereocenters. The second-order valence-electron chi connectivity index (χ2n) is 6.51. The molecule has 0 aliphatic carbocycles. The molecule has 0 bridgehead atoms. The van der Waals surface area contributed by atoms with Gasteiger partial charge in [-0.25, -0.2) is 4.68 Å². The monoisotopic (exact) mass is 343 g/mol. The summed E-state index contributed by atoms with van der Waals surface area (Å²) >= 11 is 0. The topological polar surface area (TPSA) is 75.4 Å². The molecule has 1 aromatic heterocycles. The van der Waals surface area contributed by atoms with Crippen molar-refractivity contribution in [1.29, 1.82) is 0 Å². The van der Waals surface area contributed by atoms with Crippen LogP contribution in [0, 0.1) is 5.92 Å². The first kappa shape index (κ1) is 18.7. The number of carboxylic acid groups (broad SMARTS) is 1. The van der Waals surface area contributed by atoms with Gasteiger partial charge < -0.3 is 10.0 Å². The largest absolute Gasteiger partial charge is 0.481 e. The van der Waals surface area contributed by atoms with Crippen LogP contribution in [-0.4, -0.2) is 44.8 Å². The van der Waals surface area contributed by atoms with E-state index in [1.165, 1.54) is 0 Å². The molecule has 2 aromatic rings. The lowest BCUT2D eigenvalue weighted by molar-refractivity contribution is -0.138. The molecule has 134 valence electrons. The van der Waals surface area contributed by atoms with Crippen molar-refractivity contribution in [2.24, 2.45) is 5.92 Å². The Labute approximate surface area is 148 Å². The van der Waals surface area contributed by atoms with E-state index in [1.54, 1.807) is 15.8 Å². The van der Waals surface area contributed by atoms with Gasteiger partial charge in [-0.2, -0.15) is 5.10 Å². The molecule has 0 saturated heterocycles. The Balaban J connectivity index is 1.93. The quantitative estimate of drug-likeness (QED) is 0.760. The van der Waals surface area contributed by atoms with Crippen LogP contribution < -0.4 is 0 Å². The van der Waals surface area contributed by atoms with Gasteiger partial charge in [-0.15, -0.1) is 0 Å². The minimum atomic E-state index is -0.884. The normalized spacial score (nSPS) is 10.8. The third-order valence-electron chi connectivity index (χ3n) is 3.82. The lowest BCUT2D eigenvalue weighted by Crippen LogP contribution is -2.36. The molecule has 0 spiro atoms. The second-order valence-corrected chi connectivity index (χ2v) is 6.51. The maximum absolute atomic E-state index is 12.4. The van der Waals surface area contributed by atoms with Crippen molar-refractivity contribution >= 4 is 11.9 Å². The first-order valence-electron chi connectivity index (χ1n) is 8.54. The Morgan fingerprint density at radius 3 is 2.56 bits per heavy atom. The number of para-hydroxylation sites is 1. The first-order valence-corrected chi connectivity index (χ1v) is 8.54. The van der Waals surface area contributed by atoms with E-state index >= 15 is 0 Å². The van der Waals surface area contributed by atoms with Crippen molar-refractivity contribution in [3.63, 3.8) is 0 Å². The number of aliphatic carboxylic acids is 1. The summed E-state index contributed by atoms with van der Waals surface area (Å²) in [7, 11) is 0. The number of hydrogen-bond acceptors (Lipinski definition) is 3. The lowest BCUT2D eigenvalue weighted by Gasteiger charge is -2.24. The van der Waals surface area contributed by atoms with E-state index in [2.05, 4.69) is 5.10 Å². The van der Waals surface area contributed by atoms with Crippen molar-refractivity contribution in [3.05, 3.63) is 48.3 Å². The molecule has 0 aliphatic rings. The van der Waals surface area contributed by atoms with Crippen molar-refractivity contribution in [2.45, 2.75) is 33.1 Å².